The third-order valence-electron chi connectivity index (χ3n) is 1.13. The summed E-state index contributed by atoms with van der Waals surface area (Å²) in [4.78, 5) is 0. The highest BCUT2D eigenvalue weighted by molar-refractivity contribution is 5.08. The molecule has 0 atom stereocenters. The predicted octanol–water partition coefficient (Wildman–Crippen LogP) is 3.55. The minimum Gasteiger partial charge on any atom is -0.0877 e. The Morgan fingerprint density at radius 1 is 1.44 bits per heavy atom. The Hall–Kier alpha value is -0.520. The van der Waals surface area contributed by atoms with Crippen LogP contribution < -0.4 is 0 Å². The van der Waals surface area contributed by atoms with Crippen LogP contribution in [0.2, 0.25) is 0 Å². The average molecular weight is 126 g/mol. The molecule has 0 rings (SSSR count). The molecular formula is C9H18. The molecule has 0 N–H and O–H groups in total. The first-order valence-electron chi connectivity index (χ1n) is 3.09. The van der Waals surface area contributed by atoms with Gasteiger partial charge < -0.3 is 0 Å². The van der Waals surface area contributed by atoms with Gasteiger partial charge in [0.05, 0.1) is 0 Å². The number of rotatable bonds is 2. The summed E-state index contributed by atoms with van der Waals surface area (Å²) in [5.74, 6) is 0. The zero-order valence-corrected chi connectivity index (χ0v) is 5.94. The highest BCUT2D eigenvalue weighted by Crippen LogP contribution is 1.96. The molecule has 0 bridgehead atoms. The molecule has 0 unspecified atom stereocenters. The normalized spacial score (nSPS) is 11.7. The minimum atomic E-state index is 0. The van der Waals surface area contributed by atoms with Gasteiger partial charge in [-0.05, 0) is 20.3 Å². The molecule has 0 heteroatoms. The monoisotopic (exact) mass is 126 g/mol. The Labute approximate surface area is 59.3 Å². The Kier molecular flexibility index (Phi) is 9.39. The van der Waals surface area contributed by atoms with Crippen LogP contribution in [0.15, 0.2) is 23.8 Å². The van der Waals surface area contributed by atoms with E-state index in [0.29, 0.717) is 0 Å². The minimum absolute atomic E-state index is 0. The highest BCUT2D eigenvalue weighted by Gasteiger charge is 1.75. The summed E-state index contributed by atoms with van der Waals surface area (Å²) >= 11 is 0. The molecule has 0 aliphatic carbocycles. The van der Waals surface area contributed by atoms with Crippen molar-refractivity contribution in [2.75, 3.05) is 0 Å². The highest BCUT2D eigenvalue weighted by atomic mass is 13.8. The van der Waals surface area contributed by atoms with Crippen LogP contribution in [0.4, 0.5) is 0 Å². The zero-order valence-electron chi connectivity index (χ0n) is 5.94. The fourth-order valence-corrected chi connectivity index (χ4v) is 0.378. The summed E-state index contributed by atoms with van der Waals surface area (Å²) in [6.07, 6.45) is 7.41. The van der Waals surface area contributed by atoms with Crippen LogP contribution in [0.3, 0.4) is 0 Å². The molecule has 54 valence electrons. The maximum Gasteiger partial charge on any atom is -0.0349 e. The van der Waals surface area contributed by atoms with E-state index < -0.39 is 0 Å². The second-order valence-corrected chi connectivity index (χ2v) is 1.89. The van der Waals surface area contributed by atoms with Crippen LogP contribution in [0.25, 0.3) is 0 Å². The van der Waals surface area contributed by atoms with E-state index in [1.807, 2.05) is 13.0 Å². The van der Waals surface area contributed by atoms with E-state index in [1.165, 1.54) is 5.57 Å². The van der Waals surface area contributed by atoms with E-state index in [1.54, 1.807) is 0 Å². The second kappa shape index (κ2) is 7.48. The Balaban J connectivity index is 0. The van der Waals surface area contributed by atoms with Gasteiger partial charge in [-0.1, -0.05) is 38.2 Å². The lowest BCUT2D eigenvalue weighted by Crippen LogP contribution is -1.66. The van der Waals surface area contributed by atoms with Crippen LogP contribution in [0, 0.1) is 0 Å². The number of hydrogen-bond acceptors (Lipinski definition) is 0. The Morgan fingerprint density at radius 2 is 2.00 bits per heavy atom. The lowest BCUT2D eigenvalue weighted by Gasteiger charge is -1.87. The van der Waals surface area contributed by atoms with Gasteiger partial charge in [-0.15, -0.1) is 0 Å². The summed E-state index contributed by atoms with van der Waals surface area (Å²) in [7, 11) is 0. The fourth-order valence-electron chi connectivity index (χ4n) is 0.378. The smallest absolute Gasteiger partial charge is 0.0349 e. The number of allylic oxidation sites excluding steroid dienone is 4. The average Bonchev–Trinajstić information content (AvgIpc) is 1.83. The second-order valence-electron chi connectivity index (χ2n) is 1.89. The summed E-state index contributed by atoms with van der Waals surface area (Å²) in [6.45, 7) is 6.33. The van der Waals surface area contributed by atoms with Crippen molar-refractivity contribution in [3.63, 3.8) is 0 Å². The van der Waals surface area contributed by atoms with E-state index in [-0.39, 0.29) is 7.43 Å². The van der Waals surface area contributed by atoms with Gasteiger partial charge in [0, 0.05) is 0 Å². The molecule has 0 spiro atoms. The van der Waals surface area contributed by atoms with E-state index in [4.69, 9.17) is 0 Å². The maximum atomic E-state index is 2.16. The van der Waals surface area contributed by atoms with Crippen LogP contribution in [0.5, 0.6) is 0 Å². The molecule has 0 aliphatic heterocycles. The first-order chi connectivity index (χ1) is 3.81. The van der Waals surface area contributed by atoms with E-state index in [0.717, 1.165) is 6.42 Å². The van der Waals surface area contributed by atoms with Crippen molar-refractivity contribution in [2.45, 2.75) is 34.6 Å². The quantitative estimate of drug-likeness (QED) is 0.496. The maximum absolute atomic E-state index is 2.16. The van der Waals surface area contributed by atoms with Gasteiger partial charge in [0.25, 0.3) is 0 Å². The van der Waals surface area contributed by atoms with Crippen molar-refractivity contribution in [2.24, 2.45) is 0 Å². The van der Waals surface area contributed by atoms with Crippen LogP contribution in [-0.4, -0.2) is 0 Å². The van der Waals surface area contributed by atoms with E-state index in [9.17, 15) is 0 Å². The van der Waals surface area contributed by atoms with Gasteiger partial charge in [-0.2, -0.15) is 0 Å². The SMILES string of the molecule is C.C/C=C\C=C(\C)CC. The van der Waals surface area contributed by atoms with Crippen LogP contribution in [0.1, 0.15) is 34.6 Å². The molecule has 0 heterocycles. The van der Waals surface area contributed by atoms with Crippen molar-refractivity contribution < 1.29 is 0 Å². The van der Waals surface area contributed by atoms with Crippen molar-refractivity contribution in [1.29, 1.82) is 0 Å². The van der Waals surface area contributed by atoms with Crippen LogP contribution in [-0.2, 0) is 0 Å². The fraction of sp³-hybridized carbons (Fsp3) is 0.556. The van der Waals surface area contributed by atoms with Gasteiger partial charge in [0.1, 0.15) is 0 Å². The van der Waals surface area contributed by atoms with Crippen LogP contribution >= 0.6 is 0 Å². The summed E-state index contributed by atoms with van der Waals surface area (Å²) < 4.78 is 0. The summed E-state index contributed by atoms with van der Waals surface area (Å²) in [5, 5.41) is 0. The molecule has 0 aromatic carbocycles. The van der Waals surface area contributed by atoms with Crippen molar-refractivity contribution in [3.05, 3.63) is 23.8 Å². The summed E-state index contributed by atoms with van der Waals surface area (Å²) in [5.41, 5.74) is 1.43. The lowest BCUT2D eigenvalue weighted by atomic mass is 10.2. The third-order valence-corrected chi connectivity index (χ3v) is 1.13. The van der Waals surface area contributed by atoms with Gasteiger partial charge in [0.2, 0.25) is 0 Å². The zero-order chi connectivity index (χ0) is 6.41. The Morgan fingerprint density at radius 3 is 2.33 bits per heavy atom. The molecule has 0 aromatic rings. The molecule has 0 amide bonds. The molecule has 0 aromatic heterocycles. The van der Waals surface area contributed by atoms with Gasteiger partial charge >= 0.3 is 0 Å². The number of hydrogen-bond donors (Lipinski definition) is 0. The Bertz CT molecular complexity index is 96.6. The van der Waals surface area contributed by atoms with Crippen molar-refractivity contribution in [1.82, 2.24) is 0 Å². The lowest BCUT2D eigenvalue weighted by molar-refractivity contribution is 1.10. The molecular weight excluding hydrogens is 108 g/mol. The van der Waals surface area contributed by atoms with E-state index in [2.05, 4.69) is 26.0 Å². The standard InChI is InChI=1S/C8H14.CH4/c1-4-6-7-8(3)5-2;/h4,6-7H,5H2,1-3H3;1H4/b6-4-,8-7-;. The van der Waals surface area contributed by atoms with Crippen molar-refractivity contribution >= 4 is 0 Å². The largest absolute Gasteiger partial charge is 0.0877 e. The first kappa shape index (κ1) is 11.3. The van der Waals surface area contributed by atoms with E-state index >= 15 is 0 Å². The molecule has 0 nitrogen and oxygen atoms in total. The topological polar surface area (TPSA) is 0 Å². The molecule has 9 heavy (non-hydrogen) atoms. The molecule has 0 fully saturated rings. The predicted molar refractivity (Wildman–Crippen MR) is 45.6 cm³/mol. The molecule has 0 saturated carbocycles. The molecule has 0 radical (unpaired) electrons. The van der Waals surface area contributed by atoms with Gasteiger partial charge in [0.15, 0.2) is 0 Å². The first-order valence-corrected chi connectivity index (χ1v) is 3.09. The summed E-state index contributed by atoms with van der Waals surface area (Å²) in [6, 6.07) is 0. The van der Waals surface area contributed by atoms with Gasteiger partial charge in [-0.3, -0.25) is 0 Å². The third kappa shape index (κ3) is 7.48. The molecule has 0 aliphatic rings. The molecule has 0 saturated heterocycles. The van der Waals surface area contributed by atoms with Crippen molar-refractivity contribution in [3.8, 4) is 0 Å². The van der Waals surface area contributed by atoms with Gasteiger partial charge in [-0.25, -0.2) is 0 Å².